The zero-order valence-corrected chi connectivity index (χ0v) is 13.7. The first-order chi connectivity index (χ1) is 11.2. The van der Waals surface area contributed by atoms with Crippen molar-refractivity contribution < 1.29 is 4.79 Å². The van der Waals surface area contributed by atoms with Crippen molar-refractivity contribution in [2.24, 2.45) is 0 Å². The third-order valence-electron chi connectivity index (χ3n) is 5.00. The fourth-order valence-corrected chi connectivity index (χ4v) is 3.67. The second-order valence-electron chi connectivity index (χ2n) is 6.74. The van der Waals surface area contributed by atoms with Gasteiger partial charge in [0.25, 0.3) is 0 Å². The summed E-state index contributed by atoms with van der Waals surface area (Å²) in [5.41, 5.74) is 2.02. The summed E-state index contributed by atoms with van der Waals surface area (Å²) in [6.45, 7) is 4.59. The van der Waals surface area contributed by atoms with Crippen molar-refractivity contribution in [1.82, 2.24) is 19.8 Å². The molecule has 2 heterocycles. The topological polar surface area (TPSA) is 50.2 Å². The zero-order valence-electron chi connectivity index (χ0n) is 13.7. The summed E-state index contributed by atoms with van der Waals surface area (Å²) in [6.07, 6.45) is 4.58. The highest BCUT2D eigenvalue weighted by atomic mass is 16.2. The highest BCUT2D eigenvalue weighted by Gasteiger charge is 2.34. The van der Waals surface area contributed by atoms with Crippen LogP contribution in [0.3, 0.4) is 0 Å². The minimum atomic E-state index is 0.102. The first-order valence-electron chi connectivity index (χ1n) is 8.72. The van der Waals surface area contributed by atoms with E-state index in [0.29, 0.717) is 12.6 Å². The predicted molar refractivity (Wildman–Crippen MR) is 90.3 cm³/mol. The Morgan fingerprint density at radius 3 is 2.91 bits per heavy atom. The molecule has 1 atom stereocenters. The molecule has 0 radical (unpaired) electrons. The SMILES string of the molecule is CCc1nc2ccccc2n1CC(=O)N[C@@H]1CCN(C2CC2)C1. The number of hydrogen-bond donors (Lipinski definition) is 1. The number of imidazole rings is 1. The first-order valence-corrected chi connectivity index (χ1v) is 8.72. The molecule has 0 bridgehead atoms. The van der Waals surface area contributed by atoms with Crippen molar-refractivity contribution in [3.63, 3.8) is 0 Å². The number of carbonyl (C=O) groups is 1. The lowest BCUT2D eigenvalue weighted by Gasteiger charge is -2.16. The van der Waals surface area contributed by atoms with Gasteiger partial charge in [-0.3, -0.25) is 9.69 Å². The van der Waals surface area contributed by atoms with E-state index in [1.165, 1.54) is 12.8 Å². The van der Waals surface area contributed by atoms with E-state index < -0.39 is 0 Å². The van der Waals surface area contributed by atoms with E-state index in [2.05, 4.69) is 26.7 Å². The number of para-hydroxylation sites is 2. The third kappa shape index (κ3) is 2.98. The molecule has 5 heteroatoms. The molecule has 1 aromatic heterocycles. The van der Waals surface area contributed by atoms with E-state index in [-0.39, 0.29) is 5.91 Å². The van der Waals surface area contributed by atoms with E-state index in [1.54, 1.807) is 0 Å². The second-order valence-corrected chi connectivity index (χ2v) is 6.74. The van der Waals surface area contributed by atoms with Gasteiger partial charge in [-0.25, -0.2) is 4.98 Å². The van der Waals surface area contributed by atoms with Gasteiger partial charge in [0.1, 0.15) is 12.4 Å². The fourth-order valence-electron chi connectivity index (χ4n) is 3.67. The number of likely N-dealkylation sites (tertiary alicyclic amines) is 1. The molecule has 23 heavy (non-hydrogen) atoms. The number of carbonyl (C=O) groups excluding carboxylic acids is 1. The van der Waals surface area contributed by atoms with E-state index >= 15 is 0 Å². The fraction of sp³-hybridized carbons (Fsp3) is 0.556. The van der Waals surface area contributed by atoms with Crippen LogP contribution in [0.4, 0.5) is 0 Å². The maximum absolute atomic E-state index is 12.5. The maximum Gasteiger partial charge on any atom is 0.240 e. The van der Waals surface area contributed by atoms with Gasteiger partial charge in [-0.1, -0.05) is 19.1 Å². The average molecular weight is 312 g/mol. The number of nitrogens with one attached hydrogen (secondary N) is 1. The van der Waals surface area contributed by atoms with Crippen LogP contribution >= 0.6 is 0 Å². The van der Waals surface area contributed by atoms with Crippen LogP contribution in [-0.2, 0) is 17.8 Å². The number of aryl methyl sites for hydroxylation is 1. The number of hydrogen-bond acceptors (Lipinski definition) is 3. The summed E-state index contributed by atoms with van der Waals surface area (Å²) in [5, 5.41) is 3.22. The smallest absolute Gasteiger partial charge is 0.240 e. The number of nitrogens with zero attached hydrogens (tertiary/aromatic N) is 3. The van der Waals surface area contributed by atoms with Crippen molar-refractivity contribution in [3.8, 4) is 0 Å². The molecule has 2 aromatic rings. The number of benzene rings is 1. The normalized spacial score (nSPS) is 21.9. The molecule has 4 rings (SSSR count). The Labute approximate surface area is 136 Å². The van der Waals surface area contributed by atoms with Crippen LogP contribution < -0.4 is 5.32 Å². The van der Waals surface area contributed by atoms with E-state index in [4.69, 9.17) is 0 Å². The summed E-state index contributed by atoms with van der Waals surface area (Å²) in [5.74, 6) is 1.08. The van der Waals surface area contributed by atoms with E-state index in [0.717, 1.165) is 48.8 Å². The average Bonchev–Trinajstić information content (AvgIpc) is 3.21. The summed E-state index contributed by atoms with van der Waals surface area (Å²) in [4.78, 5) is 19.6. The Balaban J connectivity index is 1.44. The number of amides is 1. The first kappa shape index (κ1) is 14.7. The van der Waals surface area contributed by atoms with Crippen LogP contribution in [-0.4, -0.2) is 45.5 Å². The molecular weight excluding hydrogens is 288 g/mol. The van der Waals surface area contributed by atoms with Crippen LogP contribution in [0.5, 0.6) is 0 Å². The highest BCUT2D eigenvalue weighted by molar-refractivity contribution is 5.81. The van der Waals surface area contributed by atoms with Crippen LogP contribution in [0.15, 0.2) is 24.3 Å². The molecule has 1 aliphatic carbocycles. The Bertz CT molecular complexity index is 719. The van der Waals surface area contributed by atoms with Crippen molar-refractivity contribution >= 4 is 16.9 Å². The van der Waals surface area contributed by atoms with Gasteiger partial charge in [-0.05, 0) is 31.4 Å². The third-order valence-corrected chi connectivity index (χ3v) is 5.00. The lowest BCUT2D eigenvalue weighted by molar-refractivity contribution is -0.122. The molecule has 122 valence electrons. The summed E-state index contributed by atoms with van der Waals surface area (Å²) >= 11 is 0. The van der Waals surface area contributed by atoms with Crippen molar-refractivity contribution in [1.29, 1.82) is 0 Å². The zero-order chi connectivity index (χ0) is 15.8. The van der Waals surface area contributed by atoms with Gasteiger partial charge >= 0.3 is 0 Å². The van der Waals surface area contributed by atoms with E-state index in [9.17, 15) is 4.79 Å². The minimum absolute atomic E-state index is 0.102. The van der Waals surface area contributed by atoms with Crippen LogP contribution in [0, 0.1) is 0 Å². The highest BCUT2D eigenvalue weighted by Crippen LogP contribution is 2.29. The van der Waals surface area contributed by atoms with Crippen molar-refractivity contribution in [3.05, 3.63) is 30.1 Å². The quantitative estimate of drug-likeness (QED) is 0.918. The van der Waals surface area contributed by atoms with Gasteiger partial charge in [-0.2, -0.15) is 0 Å². The number of aromatic nitrogens is 2. The summed E-state index contributed by atoms with van der Waals surface area (Å²) in [7, 11) is 0. The number of fused-ring (bicyclic) bond motifs is 1. The molecule has 5 nitrogen and oxygen atoms in total. The monoisotopic (exact) mass is 312 g/mol. The number of rotatable bonds is 5. The molecule has 2 aliphatic rings. The summed E-state index contributed by atoms with van der Waals surface area (Å²) in [6, 6.07) is 9.14. The minimum Gasteiger partial charge on any atom is -0.350 e. The second kappa shape index (κ2) is 5.96. The van der Waals surface area contributed by atoms with Crippen LogP contribution in [0.25, 0.3) is 11.0 Å². The molecule has 1 amide bonds. The Hall–Kier alpha value is -1.88. The Kier molecular flexibility index (Phi) is 3.81. The largest absolute Gasteiger partial charge is 0.350 e. The van der Waals surface area contributed by atoms with Gasteiger partial charge in [0.05, 0.1) is 11.0 Å². The molecule has 1 N–H and O–H groups in total. The van der Waals surface area contributed by atoms with Crippen molar-refractivity contribution in [2.75, 3.05) is 13.1 Å². The predicted octanol–water partition coefficient (Wildman–Crippen LogP) is 1.95. The van der Waals surface area contributed by atoms with E-state index in [1.807, 2.05) is 24.3 Å². The lowest BCUT2D eigenvalue weighted by atomic mass is 10.2. The summed E-state index contributed by atoms with van der Waals surface area (Å²) < 4.78 is 2.05. The maximum atomic E-state index is 12.5. The van der Waals surface area contributed by atoms with Crippen LogP contribution in [0.1, 0.15) is 32.0 Å². The van der Waals surface area contributed by atoms with Crippen molar-refractivity contribution in [2.45, 2.75) is 51.2 Å². The van der Waals surface area contributed by atoms with Gasteiger partial charge in [0.15, 0.2) is 0 Å². The van der Waals surface area contributed by atoms with Gasteiger partial charge < -0.3 is 9.88 Å². The lowest BCUT2D eigenvalue weighted by Crippen LogP contribution is -2.39. The molecule has 1 saturated heterocycles. The van der Waals surface area contributed by atoms with Gasteiger partial charge in [-0.15, -0.1) is 0 Å². The molecule has 1 saturated carbocycles. The molecule has 2 fully saturated rings. The molecular formula is C18H24N4O. The molecule has 1 aromatic carbocycles. The van der Waals surface area contributed by atoms with Crippen LogP contribution in [0.2, 0.25) is 0 Å². The van der Waals surface area contributed by atoms with Gasteiger partial charge in [0, 0.05) is 31.6 Å². The molecule has 0 spiro atoms. The Morgan fingerprint density at radius 1 is 1.30 bits per heavy atom. The molecule has 1 aliphatic heterocycles. The van der Waals surface area contributed by atoms with Gasteiger partial charge in [0.2, 0.25) is 5.91 Å². The standard InChI is InChI=1S/C18H24N4O/c1-2-17-20-15-5-3-4-6-16(15)22(17)12-18(23)19-13-9-10-21(11-13)14-7-8-14/h3-6,13-14H,2,7-12H2,1H3,(H,19,23)/t13-/m1/s1. The molecule has 0 unspecified atom stereocenters. The Morgan fingerprint density at radius 2 is 2.13 bits per heavy atom.